The van der Waals surface area contributed by atoms with E-state index >= 15 is 0 Å². The molecule has 102 valence electrons. The zero-order valence-electron chi connectivity index (χ0n) is 10.3. The summed E-state index contributed by atoms with van der Waals surface area (Å²) in [4.78, 5) is 2.16. The quantitative estimate of drug-likeness (QED) is 0.787. The SMILES string of the molecule is NCCN(CCCC(F)(F)F)C1CCCCC1. The first kappa shape index (κ1) is 14.8. The molecule has 0 aromatic rings. The van der Waals surface area contributed by atoms with Crippen molar-refractivity contribution >= 4 is 0 Å². The standard InChI is InChI=1S/C12H23F3N2/c13-12(14,15)7-4-9-17(10-8-16)11-5-2-1-3-6-11/h11H,1-10,16H2. The van der Waals surface area contributed by atoms with Crippen molar-refractivity contribution in [1.82, 2.24) is 4.90 Å². The summed E-state index contributed by atoms with van der Waals surface area (Å²) in [7, 11) is 0. The normalized spacial score (nSPS) is 18.9. The van der Waals surface area contributed by atoms with Crippen LogP contribution in [0.5, 0.6) is 0 Å². The van der Waals surface area contributed by atoms with Crippen LogP contribution < -0.4 is 5.73 Å². The predicted octanol–water partition coefficient (Wildman–Crippen LogP) is 2.92. The van der Waals surface area contributed by atoms with E-state index in [0.717, 1.165) is 19.4 Å². The molecule has 0 bridgehead atoms. The van der Waals surface area contributed by atoms with Gasteiger partial charge in [0, 0.05) is 25.6 Å². The smallest absolute Gasteiger partial charge is 0.329 e. The van der Waals surface area contributed by atoms with Crippen LogP contribution in [0.25, 0.3) is 0 Å². The highest BCUT2D eigenvalue weighted by Crippen LogP contribution is 2.25. The van der Waals surface area contributed by atoms with Crippen LogP contribution in [0.15, 0.2) is 0 Å². The largest absolute Gasteiger partial charge is 0.389 e. The Morgan fingerprint density at radius 3 is 2.24 bits per heavy atom. The zero-order valence-corrected chi connectivity index (χ0v) is 10.3. The lowest BCUT2D eigenvalue weighted by Gasteiger charge is -2.34. The van der Waals surface area contributed by atoms with Crippen LogP contribution in [-0.4, -0.2) is 36.8 Å². The van der Waals surface area contributed by atoms with Crippen LogP contribution in [-0.2, 0) is 0 Å². The Bertz CT molecular complexity index is 200. The highest BCUT2D eigenvalue weighted by atomic mass is 19.4. The molecule has 0 aromatic heterocycles. The average molecular weight is 252 g/mol. The van der Waals surface area contributed by atoms with Crippen molar-refractivity contribution in [2.24, 2.45) is 5.73 Å². The molecule has 5 heteroatoms. The molecule has 17 heavy (non-hydrogen) atoms. The maximum atomic E-state index is 12.1. The molecule has 0 radical (unpaired) electrons. The van der Waals surface area contributed by atoms with Gasteiger partial charge in [-0.2, -0.15) is 13.2 Å². The first-order valence-corrected chi connectivity index (χ1v) is 6.54. The van der Waals surface area contributed by atoms with Gasteiger partial charge >= 0.3 is 6.18 Å². The third-order valence-corrected chi connectivity index (χ3v) is 3.41. The Morgan fingerprint density at radius 2 is 1.71 bits per heavy atom. The average Bonchev–Trinajstić information content (AvgIpc) is 2.27. The van der Waals surface area contributed by atoms with Crippen LogP contribution in [0.3, 0.4) is 0 Å². The lowest BCUT2D eigenvalue weighted by Crippen LogP contribution is -2.40. The van der Waals surface area contributed by atoms with Gasteiger partial charge in [0.15, 0.2) is 0 Å². The van der Waals surface area contributed by atoms with Gasteiger partial charge in [-0.25, -0.2) is 0 Å². The number of hydrogen-bond acceptors (Lipinski definition) is 2. The zero-order chi connectivity index (χ0) is 12.7. The minimum absolute atomic E-state index is 0.194. The topological polar surface area (TPSA) is 29.3 Å². The van der Waals surface area contributed by atoms with Gasteiger partial charge < -0.3 is 5.73 Å². The second-order valence-corrected chi connectivity index (χ2v) is 4.84. The monoisotopic (exact) mass is 252 g/mol. The third-order valence-electron chi connectivity index (χ3n) is 3.41. The molecular formula is C12H23F3N2. The van der Waals surface area contributed by atoms with Crippen molar-refractivity contribution in [3.05, 3.63) is 0 Å². The van der Waals surface area contributed by atoms with Gasteiger partial charge in [0.05, 0.1) is 0 Å². The van der Waals surface area contributed by atoms with Crippen molar-refractivity contribution in [2.45, 2.75) is 57.2 Å². The lowest BCUT2D eigenvalue weighted by atomic mass is 9.94. The van der Waals surface area contributed by atoms with E-state index in [9.17, 15) is 13.2 Å². The fourth-order valence-electron chi connectivity index (χ4n) is 2.57. The van der Waals surface area contributed by atoms with Crippen molar-refractivity contribution < 1.29 is 13.2 Å². The Hall–Kier alpha value is -0.290. The minimum atomic E-state index is -4.03. The first-order valence-electron chi connectivity index (χ1n) is 6.54. The summed E-state index contributed by atoms with van der Waals surface area (Å²) in [6.07, 6.45) is 1.38. The van der Waals surface area contributed by atoms with Crippen molar-refractivity contribution in [3.63, 3.8) is 0 Å². The van der Waals surface area contributed by atoms with E-state index in [-0.39, 0.29) is 6.42 Å². The van der Waals surface area contributed by atoms with Crippen molar-refractivity contribution in [1.29, 1.82) is 0 Å². The Balaban J connectivity index is 2.31. The van der Waals surface area contributed by atoms with Crippen molar-refractivity contribution in [2.75, 3.05) is 19.6 Å². The minimum Gasteiger partial charge on any atom is -0.329 e. The van der Waals surface area contributed by atoms with E-state index in [1.165, 1.54) is 19.3 Å². The summed E-state index contributed by atoms with van der Waals surface area (Å²) in [5.41, 5.74) is 5.53. The van der Waals surface area contributed by atoms with Crippen LogP contribution in [0.1, 0.15) is 44.9 Å². The van der Waals surface area contributed by atoms with Crippen LogP contribution in [0.2, 0.25) is 0 Å². The van der Waals surface area contributed by atoms with Crippen LogP contribution in [0.4, 0.5) is 13.2 Å². The van der Waals surface area contributed by atoms with E-state index in [1.807, 2.05) is 0 Å². The second-order valence-electron chi connectivity index (χ2n) is 4.84. The number of rotatable bonds is 6. The van der Waals surface area contributed by atoms with Gasteiger partial charge in [0.1, 0.15) is 0 Å². The van der Waals surface area contributed by atoms with Gasteiger partial charge in [0.25, 0.3) is 0 Å². The summed E-state index contributed by atoms with van der Waals surface area (Å²) in [5.74, 6) is 0. The van der Waals surface area contributed by atoms with E-state index in [0.29, 0.717) is 19.1 Å². The highest BCUT2D eigenvalue weighted by molar-refractivity contribution is 4.76. The molecule has 0 atom stereocenters. The Morgan fingerprint density at radius 1 is 1.06 bits per heavy atom. The lowest BCUT2D eigenvalue weighted by molar-refractivity contribution is -0.136. The molecule has 0 saturated heterocycles. The molecule has 0 spiro atoms. The third kappa shape index (κ3) is 6.27. The summed E-state index contributed by atoms with van der Waals surface area (Å²) >= 11 is 0. The maximum absolute atomic E-state index is 12.1. The molecule has 1 aliphatic carbocycles. The fraction of sp³-hybridized carbons (Fsp3) is 1.00. The highest BCUT2D eigenvalue weighted by Gasteiger charge is 2.27. The van der Waals surface area contributed by atoms with Gasteiger partial charge in [-0.15, -0.1) is 0 Å². The van der Waals surface area contributed by atoms with E-state index < -0.39 is 12.6 Å². The molecule has 2 N–H and O–H groups in total. The van der Waals surface area contributed by atoms with Gasteiger partial charge in [-0.3, -0.25) is 4.90 Å². The maximum Gasteiger partial charge on any atom is 0.389 e. The predicted molar refractivity (Wildman–Crippen MR) is 62.8 cm³/mol. The molecule has 1 fully saturated rings. The Labute approximate surface area is 101 Å². The van der Waals surface area contributed by atoms with E-state index in [1.54, 1.807) is 0 Å². The number of nitrogens with zero attached hydrogens (tertiary/aromatic N) is 1. The second kappa shape index (κ2) is 7.21. The summed E-state index contributed by atoms with van der Waals surface area (Å²) in [6.45, 7) is 1.78. The number of halogens is 3. The number of alkyl halides is 3. The number of nitrogens with two attached hydrogens (primary N) is 1. The fourth-order valence-corrected chi connectivity index (χ4v) is 2.57. The molecule has 0 unspecified atom stereocenters. The van der Waals surface area contributed by atoms with Crippen LogP contribution >= 0.6 is 0 Å². The van der Waals surface area contributed by atoms with Crippen LogP contribution in [0, 0.1) is 0 Å². The van der Waals surface area contributed by atoms with Gasteiger partial charge in [0.2, 0.25) is 0 Å². The summed E-state index contributed by atoms with van der Waals surface area (Å²) in [5, 5.41) is 0. The first-order chi connectivity index (χ1) is 8.03. The van der Waals surface area contributed by atoms with Gasteiger partial charge in [-0.05, 0) is 25.8 Å². The Kier molecular flexibility index (Phi) is 6.27. The summed E-state index contributed by atoms with van der Waals surface area (Å²) in [6, 6.07) is 0.459. The number of hydrogen-bond donors (Lipinski definition) is 1. The molecule has 1 aliphatic rings. The van der Waals surface area contributed by atoms with Crippen molar-refractivity contribution in [3.8, 4) is 0 Å². The molecular weight excluding hydrogens is 229 g/mol. The molecule has 0 heterocycles. The van der Waals surface area contributed by atoms with Gasteiger partial charge in [-0.1, -0.05) is 19.3 Å². The molecule has 0 aliphatic heterocycles. The molecule has 0 amide bonds. The summed E-state index contributed by atoms with van der Waals surface area (Å²) < 4.78 is 36.3. The molecule has 2 nitrogen and oxygen atoms in total. The molecule has 1 rings (SSSR count). The van der Waals surface area contributed by atoms with E-state index in [4.69, 9.17) is 5.73 Å². The van der Waals surface area contributed by atoms with E-state index in [2.05, 4.69) is 4.90 Å². The molecule has 0 aromatic carbocycles. The molecule has 1 saturated carbocycles.